The van der Waals surface area contributed by atoms with Crippen molar-refractivity contribution in [3.05, 3.63) is 0 Å². The van der Waals surface area contributed by atoms with E-state index in [2.05, 4.69) is 13.8 Å². The average Bonchev–Trinajstić information content (AvgIpc) is 3.06. The summed E-state index contributed by atoms with van der Waals surface area (Å²) in [6.07, 6.45) is -8.12. The molecule has 0 aliphatic carbocycles. The quantitative estimate of drug-likeness (QED) is 0.0663. The molecule has 7 N–H and O–H groups in total. The Kier molecular flexibility index (Phi) is 12.7. The van der Waals surface area contributed by atoms with Crippen molar-refractivity contribution in [2.24, 2.45) is 0 Å². The maximum atomic E-state index is 10.3. The first-order valence-corrected chi connectivity index (χ1v) is 17.7. The van der Waals surface area contributed by atoms with Crippen LogP contribution in [-0.2, 0) is 22.3 Å². The van der Waals surface area contributed by atoms with Crippen LogP contribution >= 0.6 is 0 Å². The van der Waals surface area contributed by atoms with E-state index in [1.807, 2.05) is 0 Å². The van der Waals surface area contributed by atoms with E-state index in [0.717, 1.165) is 34.6 Å². The van der Waals surface area contributed by atoms with Crippen molar-refractivity contribution in [1.29, 1.82) is 0 Å². The first-order valence-electron chi connectivity index (χ1n) is 11.7. The van der Waals surface area contributed by atoms with Crippen LogP contribution in [0.2, 0.25) is 8.87 Å². The van der Waals surface area contributed by atoms with Gasteiger partial charge in [-0.15, -0.1) is 0 Å². The molecule has 2 aliphatic heterocycles. The molecule has 0 radical (unpaired) electrons. The molecule has 0 spiro atoms. The van der Waals surface area contributed by atoms with Gasteiger partial charge in [0, 0.05) is 0 Å². The molecule has 2 rings (SSSR count). The topological polar surface area (TPSA) is 188 Å². The summed E-state index contributed by atoms with van der Waals surface area (Å²) >= 11 is -2.37. The number of aliphatic hydroxyl groups excluding tert-OH is 7. The van der Waals surface area contributed by atoms with Crippen molar-refractivity contribution in [2.75, 3.05) is 19.8 Å². The van der Waals surface area contributed by atoms with Crippen molar-refractivity contribution >= 4 is 20.2 Å². The van der Waals surface area contributed by atoms with Gasteiger partial charge in [0.15, 0.2) is 0 Å². The van der Waals surface area contributed by atoms with Crippen LogP contribution in [-0.4, -0.2) is 131 Å². The molecule has 13 heteroatoms. The molecule has 0 saturated carbocycles. The van der Waals surface area contributed by atoms with Crippen LogP contribution in [0.25, 0.3) is 0 Å². The molecular weight excluding hydrogens is 551 g/mol. The monoisotopic (exact) mass is 592 g/mol. The van der Waals surface area contributed by atoms with Gasteiger partial charge in [-0.3, -0.25) is 0 Å². The Morgan fingerprint density at radius 2 is 1.48 bits per heavy atom. The Labute approximate surface area is 201 Å². The minimum atomic E-state index is -2.37. The third-order valence-corrected chi connectivity index (χ3v) is 13.3. The van der Waals surface area contributed by atoms with E-state index in [1.54, 1.807) is 0 Å². The zero-order valence-corrected chi connectivity index (χ0v) is 22.5. The standard InChI is InChI=1S/C12H22O12.2C4H9.Sn.H/c13-1-4-7(16)10(19)12(3-14,23-4)24-11-9(18)8(17)6(15)5(22-11)2-21-20;2*1-3-4-2;;/h4-11,13-20H,1-3H2;2*1,3-4H2,2H3;;/q;;;+1;/p-1/t4-,5-,6-,7-,8+,9-,10+,11-,12+;;;;/m1..../s1. The van der Waals surface area contributed by atoms with Crippen molar-refractivity contribution in [3.8, 4) is 0 Å². The third-order valence-electron chi connectivity index (χ3n) is 6.09. The van der Waals surface area contributed by atoms with Crippen molar-refractivity contribution in [3.63, 3.8) is 0 Å². The average molecular weight is 591 g/mol. The Morgan fingerprint density at radius 1 is 0.848 bits per heavy atom. The van der Waals surface area contributed by atoms with Gasteiger partial charge >= 0.3 is 201 Å². The van der Waals surface area contributed by atoms with Gasteiger partial charge in [0.1, 0.15) is 0 Å². The van der Waals surface area contributed by atoms with Crippen molar-refractivity contribution < 1.29 is 58.1 Å². The molecule has 0 aromatic heterocycles. The van der Waals surface area contributed by atoms with Gasteiger partial charge in [0.25, 0.3) is 0 Å². The van der Waals surface area contributed by atoms with Crippen LogP contribution in [0, 0.1) is 0 Å². The number of aliphatic hydroxyl groups is 7. The van der Waals surface area contributed by atoms with E-state index >= 15 is 0 Å². The van der Waals surface area contributed by atoms with Gasteiger partial charge in [-0.1, -0.05) is 0 Å². The second-order valence-electron chi connectivity index (χ2n) is 8.66. The predicted octanol–water partition coefficient (Wildman–Crippen LogP) is -2.12. The van der Waals surface area contributed by atoms with E-state index < -0.39 is 88.2 Å². The maximum absolute atomic E-state index is 10.3. The molecule has 9 atom stereocenters. The molecule has 2 saturated heterocycles. The summed E-state index contributed by atoms with van der Waals surface area (Å²) in [5, 5.41) is 70.3. The van der Waals surface area contributed by atoms with Crippen molar-refractivity contribution in [2.45, 2.75) is 103 Å². The molecular formula is C20H40O12Sn. The molecule has 2 heterocycles. The van der Waals surface area contributed by atoms with E-state index in [-0.39, 0.29) is 6.61 Å². The molecule has 196 valence electrons. The van der Waals surface area contributed by atoms with Gasteiger partial charge < -0.3 is 0 Å². The fourth-order valence-corrected chi connectivity index (χ4v) is 11.0. The number of hydrogen-bond acceptors (Lipinski definition) is 12. The molecule has 2 aliphatic rings. The van der Waals surface area contributed by atoms with Gasteiger partial charge in [-0.25, -0.2) is 0 Å². The minimum absolute atomic E-state index is 0.242. The zero-order chi connectivity index (χ0) is 24.6. The second-order valence-corrected chi connectivity index (χ2v) is 16.1. The summed E-state index contributed by atoms with van der Waals surface area (Å²) in [5.74, 6) is -2.22. The summed E-state index contributed by atoms with van der Waals surface area (Å²) in [6.45, 7) is 2.37. The summed E-state index contributed by atoms with van der Waals surface area (Å²) in [7, 11) is 0. The zero-order valence-electron chi connectivity index (χ0n) is 19.2. The van der Waals surface area contributed by atoms with E-state index in [4.69, 9.17) is 22.3 Å². The van der Waals surface area contributed by atoms with Gasteiger partial charge in [-0.2, -0.15) is 0 Å². The molecule has 0 amide bonds. The van der Waals surface area contributed by atoms with Crippen LogP contribution < -0.4 is 0 Å². The number of unbranched alkanes of at least 4 members (excludes halogenated alkanes) is 2. The van der Waals surface area contributed by atoms with Gasteiger partial charge in [0.2, 0.25) is 0 Å². The predicted molar refractivity (Wildman–Crippen MR) is 115 cm³/mol. The van der Waals surface area contributed by atoms with Gasteiger partial charge in [-0.05, 0) is 0 Å². The molecule has 12 nitrogen and oxygen atoms in total. The Balaban J connectivity index is 2.01. The van der Waals surface area contributed by atoms with Crippen LogP contribution in [0.1, 0.15) is 39.5 Å². The van der Waals surface area contributed by atoms with Crippen LogP contribution in [0.4, 0.5) is 0 Å². The number of hydrogen-bond donors (Lipinski definition) is 7. The normalized spacial score (nSPS) is 39.5. The van der Waals surface area contributed by atoms with Crippen LogP contribution in [0.15, 0.2) is 0 Å². The molecule has 33 heavy (non-hydrogen) atoms. The van der Waals surface area contributed by atoms with E-state index in [9.17, 15) is 35.7 Å². The Bertz CT molecular complexity index is 551. The SMILES string of the molecule is CCC[CH2][SnH]([CH2]CCC)[O]OC[C@H]1O[C@H](O[C@]2(CO)O[C@H](CO)[C@@H](O)[C@@H]2O)[C@H](O)[C@@H](O)[C@@H]1O. The molecule has 2 fully saturated rings. The third kappa shape index (κ3) is 7.41. The second kappa shape index (κ2) is 14.2. The summed E-state index contributed by atoms with van der Waals surface area (Å²) in [6, 6.07) is 0. The fourth-order valence-electron chi connectivity index (χ4n) is 3.92. The van der Waals surface area contributed by atoms with Crippen molar-refractivity contribution in [1.82, 2.24) is 0 Å². The number of rotatable bonds is 14. The van der Waals surface area contributed by atoms with Crippen LogP contribution in [0.5, 0.6) is 0 Å². The molecule has 0 bridgehead atoms. The summed E-state index contributed by atoms with van der Waals surface area (Å²) in [4.78, 5) is 5.38. The number of ether oxygens (including phenoxy) is 3. The summed E-state index contributed by atoms with van der Waals surface area (Å²) < 4.78 is 24.1. The van der Waals surface area contributed by atoms with E-state index in [1.165, 1.54) is 0 Å². The van der Waals surface area contributed by atoms with Crippen LogP contribution in [0.3, 0.4) is 0 Å². The molecule has 0 aromatic rings. The molecule has 0 aromatic carbocycles. The Morgan fingerprint density at radius 3 is 2.00 bits per heavy atom. The fraction of sp³-hybridized carbons (Fsp3) is 1.00. The molecule has 0 unspecified atom stereocenters. The van der Waals surface area contributed by atoms with Gasteiger partial charge in [0.05, 0.1) is 0 Å². The summed E-state index contributed by atoms with van der Waals surface area (Å²) in [5.41, 5.74) is 0. The Hall–Kier alpha value is 0.319. The first-order chi connectivity index (χ1) is 15.7. The first kappa shape index (κ1) is 29.5. The van der Waals surface area contributed by atoms with E-state index in [0.29, 0.717) is 0 Å².